The first-order chi connectivity index (χ1) is 9.29. The highest BCUT2D eigenvalue weighted by Gasteiger charge is 2.32. The first-order valence-corrected chi connectivity index (χ1v) is 8.28. The Bertz CT molecular complexity index is 494. The van der Waals surface area contributed by atoms with Crippen LogP contribution in [0.25, 0.3) is 0 Å². The van der Waals surface area contributed by atoms with Crippen LogP contribution in [0.4, 0.5) is 0 Å². The average molecular weight is 313 g/mol. The number of likely N-dealkylation sites (tertiary alicyclic amines) is 1. The molecule has 3 aliphatic rings. The molecule has 0 saturated carbocycles. The van der Waals surface area contributed by atoms with E-state index in [1.54, 1.807) is 11.3 Å². The smallest absolute Gasteiger partial charge is 0.263 e. The van der Waals surface area contributed by atoms with Crippen molar-refractivity contribution in [1.82, 2.24) is 10.2 Å². The Labute approximate surface area is 130 Å². The van der Waals surface area contributed by atoms with Gasteiger partial charge in [0.1, 0.15) is 0 Å². The van der Waals surface area contributed by atoms with Gasteiger partial charge in [-0.1, -0.05) is 0 Å². The fourth-order valence-corrected chi connectivity index (χ4v) is 4.94. The zero-order valence-corrected chi connectivity index (χ0v) is 13.2. The minimum atomic E-state index is 0. The second-order valence-corrected chi connectivity index (χ2v) is 7.23. The van der Waals surface area contributed by atoms with Crippen LogP contribution in [0, 0.1) is 0 Å². The number of nitrogens with zero attached hydrogens (tertiary/aromatic N) is 1. The molecule has 20 heavy (non-hydrogen) atoms. The molecule has 5 heteroatoms. The highest BCUT2D eigenvalue weighted by atomic mass is 35.5. The summed E-state index contributed by atoms with van der Waals surface area (Å²) in [4.78, 5) is 17.2. The van der Waals surface area contributed by atoms with Crippen LogP contribution in [-0.2, 0) is 12.8 Å². The van der Waals surface area contributed by atoms with Crippen LogP contribution < -0.4 is 5.32 Å². The van der Waals surface area contributed by atoms with Crippen LogP contribution >= 0.6 is 23.7 Å². The van der Waals surface area contributed by atoms with Crippen molar-refractivity contribution in [3.8, 4) is 0 Å². The van der Waals surface area contributed by atoms with Crippen molar-refractivity contribution in [2.75, 3.05) is 13.1 Å². The first-order valence-electron chi connectivity index (χ1n) is 7.46. The number of carbonyl (C=O) groups excluding carboxylic acids is 1. The summed E-state index contributed by atoms with van der Waals surface area (Å²) in [5.74, 6) is 0.272. The van der Waals surface area contributed by atoms with E-state index in [9.17, 15) is 4.79 Å². The Morgan fingerprint density at radius 3 is 2.95 bits per heavy atom. The van der Waals surface area contributed by atoms with Gasteiger partial charge in [0.2, 0.25) is 0 Å². The number of hydrogen-bond acceptors (Lipinski definition) is 3. The Hall–Kier alpha value is -0.580. The molecule has 1 aromatic heterocycles. The van der Waals surface area contributed by atoms with Gasteiger partial charge in [-0.25, -0.2) is 0 Å². The average Bonchev–Trinajstić information content (AvgIpc) is 3.02. The third-order valence-electron chi connectivity index (χ3n) is 4.77. The predicted molar refractivity (Wildman–Crippen MR) is 84.1 cm³/mol. The SMILES string of the molecule is Cl.O=C(c1cc2c(s1)CCC2)N1CCC2CCC(C1)N2. The lowest BCUT2D eigenvalue weighted by atomic mass is 10.1. The number of nitrogens with one attached hydrogen (secondary N) is 1. The summed E-state index contributed by atoms with van der Waals surface area (Å²) in [6.45, 7) is 1.83. The van der Waals surface area contributed by atoms with Crippen molar-refractivity contribution >= 4 is 29.7 Å². The Morgan fingerprint density at radius 1 is 1.25 bits per heavy atom. The number of hydrogen-bond donors (Lipinski definition) is 1. The zero-order valence-electron chi connectivity index (χ0n) is 11.6. The fourth-order valence-electron chi connectivity index (χ4n) is 3.72. The summed E-state index contributed by atoms with van der Waals surface area (Å²) in [5.41, 5.74) is 1.43. The van der Waals surface area contributed by atoms with Crippen LogP contribution in [0.1, 0.15) is 45.8 Å². The second-order valence-electron chi connectivity index (χ2n) is 6.09. The number of halogens is 1. The Balaban J connectivity index is 0.00000121. The number of aryl methyl sites for hydroxylation is 2. The second kappa shape index (κ2) is 5.66. The van der Waals surface area contributed by atoms with E-state index in [2.05, 4.69) is 16.3 Å². The molecule has 1 aromatic rings. The number of thiophene rings is 1. The summed E-state index contributed by atoms with van der Waals surface area (Å²) in [6, 6.07) is 3.34. The third-order valence-corrected chi connectivity index (χ3v) is 5.99. The van der Waals surface area contributed by atoms with Gasteiger partial charge in [-0.2, -0.15) is 0 Å². The molecule has 2 aliphatic heterocycles. The standard InChI is InChI=1S/C15H20N2OS.ClH/c18-15(14-8-10-2-1-3-13(10)19-14)17-7-6-11-4-5-12(9-17)16-11;/h8,11-12,16H,1-7,9H2;1H. The molecule has 110 valence electrons. The molecule has 4 rings (SSSR count). The van der Waals surface area contributed by atoms with E-state index in [1.165, 1.54) is 42.5 Å². The lowest BCUT2D eigenvalue weighted by Gasteiger charge is -2.23. The van der Waals surface area contributed by atoms with Crippen molar-refractivity contribution in [3.05, 3.63) is 21.4 Å². The van der Waals surface area contributed by atoms with Gasteiger partial charge >= 0.3 is 0 Å². The van der Waals surface area contributed by atoms with E-state index < -0.39 is 0 Å². The molecule has 2 bridgehead atoms. The molecule has 2 fully saturated rings. The molecule has 0 radical (unpaired) electrons. The Kier molecular flexibility index (Phi) is 4.07. The van der Waals surface area contributed by atoms with Gasteiger partial charge in [0.15, 0.2) is 0 Å². The zero-order chi connectivity index (χ0) is 12.8. The summed E-state index contributed by atoms with van der Waals surface area (Å²) in [7, 11) is 0. The summed E-state index contributed by atoms with van der Waals surface area (Å²) < 4.78 is 0. The maximum Gasteiger partial charge on any atom is 0.263 e. The predicted octanol–water partition coefficient (Wildman–Crippen LogP) is 2.63. The fraction of sp³-hybridized carbons (Fsp3) is 0.667. The molecule has 3 nitrogen and oxygen atoms in total. The lowest BCUT2D eigenvalue weighted by molar-refractivity contribution is 0.0753. The quantitative estimate of drug-likeness (QED) is 0.864. The summed E-state index contributed by atoms with van der Waals surface area (Å²) >= 11 is 1.74. The van der Waals surface area contributed by atoms with Gasteiger partial charge < -0.3 is 10.2 Å². The van der Waals surface area contributed by atoms with Crippen LogP contribution in [0.3, 0.4) is 0 Å². The molecular formula is C15H21ClN2OS. The molecular weight excluding hydrogens is 292 g/mol. The molecule has 2 saturated heterocycles. The van der Waals surface area contributed by atoms with E-state index in [0.29, 0.717) is 12.1 Å². The van der Waals surface area contributed by atoms with Gasteiger partial charge in [0.25, 0.3) is 5.91 Å². The lowest BCUT2D eigenvalue weighted by Crippen LogP contribution is -2.38. The van der Waals surface area contributed by atoms with Crippen molar-refractivity contribution in [1.29, 1.82) is 0 Å². The molecule has 1 amide bonds. The van der Waals surface area contributed by atoms with Crippen LogP contribution in [0.2, 0.25) is 0 Å². The maximum atomic E-state index is 12.6. The maximum absolute atomic E-state index is 12.6. The van der Waals surface area contributed by atoms with E-state index in [4.69, 9.17) is 0 Å². The molecule has 2 atom stereocenters. The number of carbonyl (C=O) groups is 1. The van der Waals surface area contributed by atoms with Crippen molar-refractivity contribution in [2.45, 2.75) is 50.6 Å². The van der Waals surface area contributed by atoms with Crippen LogP contribution in [-0.4, -0.2) is 36.0 Å². The minimum absolute atomic E-state index is 0. The molecule has 0 aromatic carbocycles. The van der Waals surface area contributed by atoms with Crippen LogP contribution in [0.5, 0.6) is 0 Å². The molecule has 1 aliphatic carbocycles. The Morgan fingerprint density at radius 2 is 2.10 bits per heavy atom. The van der Waals surface area contributed by atoms with E-state index in [0.717, 1.165) is 24.4 Å². The van der Waals surface area contributed by atoms with E-state index in [-0.39, 0.29) is 18.3 Å². The molecule has 1 N–H and O–H groups in total. The van der Waals surface area contributed by atoms with Gasteiger partial charge in [-0.15, -0.1) is 23.7 Å². The molecule has 2 unspecified atom stereocenters. The minimum Gasteiger partial charge on any atom is -0.336 e. The third kappa shape index (κ3) is 2.49. The van der Waals surface area contributed by atoms with Gasteiger partial charge in [-0.05, 0) is 50.2 Å². The number of rotatable bonds is 1. The topological polar surface area (TPSA) is 32.3 Å². The molecule has 0 spiro atoms. The monoisotopic (exact) mass is 312 g/mol. The van der Waals surface area contributed by atoms with Crippen molar-refractivity contribution in [2.24, 2.45) is 0 Å². The largest absolute Gasteiger partial charge is 0.336 e. The normalized spacial score (nSPS) is 27.9. The highest BCUT2D eigenvalue weighted by Crippen LogP contribution is 2.32. The summed E-state index contributed by atoms with van der Waals surface area (Å²) in [6.07, 6.45) is 7.26. The van der Waals surface area contributed by atoms with Crippen molar-refractivity contribution < 1.29 is 4.79 Å². The first kappa shape index (κ1) is 14.4. The van der Waals surface area contributed by atoms with Gasteiger partial charge in [-0.3, -0.25) is 4.79 Å². The van der Waals surface area contributed by atoms with E-state index >= 15 is 0 Å². The van der Waals surface area contributed by atoms with Gasteiger partial charge in [0.05, 0.1) is 4.88 Å². The summed E-state index contributed by atoms with van der Waals surface area (Å²) in [5, 5.41) is 3.64. The van der Waals surface area contributed by atoms with E-state index in [1.807, 2.05) is 0 Å². The molecule has 3 heterocycles. The number of fused-ring (bicyclic) bond motifs is 3. The number of amides is 1. The highest BCUT2D eigenvalue weighted by molar-refractivity contribution is 7.14. The van der Waals surface area contributed by atoms with Crippen LogP contribution in [0.15, 0.2) is 6.07 Å². The van der Waals surface area contributed by atoms with Gasteiger partial charge in [0, 0.05) is 30.1 Å². The van der Waals surface area contributed by atoms with Crippen molar-refractivity contribution in [3.63, 3.8) is 0 Å².